The zero-order chi connectivity index (χ0) is 22.0. The molecule has 0 unspecified atom stereocenters. The lowest BCUT2D eigenvalue weighted by atomic mass is 9.99. The van der Waals surface area contributed by atoms with Gasteiger partial charge in [-0.1, -0.05) is 18.9 Å². The minimum atomic E-state index is -0.167. The highest BCUT2D eigenvalue weighted by molar-refractivity contribution is 6.15. The van der Waals surface area contributed by atoms with Crippen LogP contribution in [0.3, 0.4) is 0 Å². The van der Waals surface area contributed by atoms with Crippen molar-refractivity contribution in [3.63, 3.8) is 0 Å². The number of likely N-dealkylation sites (tertiary alicyclic amines) is 1. The maximum absolute atomic E-state index is 13.2. The van der Waals surface area contributed by atoms with Gasteiger partial charge in [0.25, 0.3) is 0 Å². The highest BCUT2D eigenvalue weighted by Crippen LogP contribution is 2.42. The first-order valence-electron chi connectivity index (χ1n) is 10.8. The Morgan fingerprint density at radius 1 is 1.06 bits per heavy atom. The summed E-state index contributed by atoms with van der Waals surface area (Å²) in [6.45, 7) is 4.38. The predicted molar refractivity (Wildman–Crippen MR) is 119 cm³/mol. The van der Waals surface area contributed by atoms with Crippen molar-refractivity contribution in [2.45, 2.75) is 39.2 Å². The van der Waals surface area contributed by atoms with Crippen LogP contribution in [0.2, 0.25) is 0 Å². The molecule has 0 atom stereocenters. The number of carbonyl (C=O) groups excluding carboxylic acids is 1. The molecule has 2 aliphatic heterocycles. The van der Waals surface area contributed by atoms with Crippen molar-refractivity contribution in [1.82, 2.24) is 4.90 Å². The van der Waals surface area contributed by atoms with Crippen molar-refractivity contribution >= 4 is 11.9 Å². The summed E-state index contributed by atoms with van der Waals surface area (Å²) in [5.41, 5.74) is 2.71. The number of fused-ring (bicyclic) bond motifs is 1. The van der Waals surface area contributed by atoms with E-state index in [-0.39, 0.29) is 17.3 Å². The minimum absolute atomic E-state index is 0.167. The monoisotopic (exact) mass is 423 g/mol. The van der Waals surface area contributed by atoms with Gasteiger partial charge in [-0.25, -0.2) is 0 Å². The van der Waals surface area contributed by atoms with E-state index in [1.165, 1.54) is 12.8 Å². The van der Waals surface area contributed by atoms with Gasteiger partial charge < -0.3 is 19.3 Å². The van der Waals surface area contributed by atoms with Crippen LogP contribution >= 0.6 is 0 Å². The number of phenolic OH excluding ortho intramolecular Hbond substituents is 1. The van der Waals surface area contributed by atoms with Crippen LogP contribution in [0, 0.1) is 6.92 Å². The Bertz CT molecular complexity index is 1020. The number of benzene rings is 2. The van der Waals surface area contributed by atoms with Crippen molar-refractivity contribution in [3.8, 4) is 23.0 Å². The zero-order valence-electron chi connectivity index (χ0n) is 18.4. The summed E-state index contributed by atoms with van der Waals surface area (Å²) in [5.74, 6) is 1.94. The Balaban J connectivity index is 1.68. The number of aromatic hydroxyl groups is 1. The quantitative estimate of drug-likeness (QED) is 0.703. The minimum Gasteiger partial charge on any atom is -0.507 e. The lowest BCUT2D eigenvalue weighted by molar-refractivity contribution is 0.101. The third kappa shape index (κ3) is 4.26. The highest BCUT2D eigenvalue weighted by Gasteiger charge is 2.33. The summed E-state index contributed by atoms with van der Waals surface area (Å²) in [5, 5.41) is 10.7. The van der Waals surface area contributed by atoms with Gasteiger partial charge in [0.05, 0.1) is 25.3 Å². The summed E-state index contributed by atoms with van der Waals surface area (Å²) < 4.78 is 16.7. The number of Topliss-reactive ketones (excluding diaryl/α,β-unsaturated/α-hetero) is 1. The molecule has 0 spiro atoms. The Morgan fingerprint density at radius 3 is 2.45 bits per heavy atom. The summed E-state index contributed by atoms with van der Waals surface area (Å²) in [7, 11) is 3.15. The van der Waals surface area contributed by atoms with Crippen LogP contribution < -0.4 is 14.2 Å². The van der Waals surface area contributed by atoms with Gasteiger partial charge in [-0.3, -0.25) is 9.69 Å². The fourth-order valence-corrected chi connectivity index (χ4v) is 4.34. The van der Waals surface area contributed by atoms with E-state index in [1.807, 2.05) is 13.0 Å². The van der Waals surface area contributed by atoms with Crippen LogP contribution in [0.4, 0.5) is 0 Å². The van der Waals surface area contributed by atoms with E-state index in [1.54, 1.807) is 38.5 Å². The lowest BCUT2D eigenvalue weighted by Gasteiger charge is -2.22. The van der Waals surface area contributed by atoms with Gasteiger partial charge in [-0.15, -0.1) is 0 Å². The summed E-state index contributed by atoms with van der Waals surface area (Å²) in [4.78, 5) is 15.5. The standard InChI is InChI=1S/C25H29NO5/c1-16-12-19(27)18(15-26-10-6-4-5-7-11-26)25-23(16)24(28)22(31-25)14-17-8-9-20(29-2)21(13-17)30-3/h8-9,12-14,27H,4-7,10-11,15H2,1-3H3/b22-14-. The Hall–Kier alpha value is -2.99. The molecule has 1 saturated heterocycles. The topological polar surface area (TPSA) is 68.2 Å². The van der Waals surface area contributed by atoms with Gasteiger partial charge >= 0.3 is 0 Å². The van der Waals surface area contributed by atoms with Gasteiger partial charge in [0.2, 0.25) is 5.78 Å². The van der Waals surface area contributed by atoms with E-state index in [4.69, 9.17) is 14.2 Å². The molecule has 0 saturated carbocycles. The summed E-state index contributed by atoms with van der Waals surface area (Å²) in [6, 6.07) is 7.11. The maximum atomic E-state index is 13.2. The SMILES string of the molecule is COc1ccc(/C=C2\Oc3c(CN4CCCCCC4)c(O)cc(C)c3C2=O)cc1OC. The second-order valence-corrected chi connectivity index (χ2v) is 8.14. The van der Waals surface area contributed by atoms with E-state index >= 15 is 0 Å². The van der Waals surface area contributed by atoms with E-state index in [0.29, 0.717) is 40.5 Å². The Kier molecular flexibility index (Phi) is 6.18. The van der Waals surface area contributed by atoms with Crippen LogP contribution in [-0.4, -0.2) is 43.1 Å². The van der Waals surface area contributed by atoms with E-state index in [2.05, 4.69) is 4.90 Å². The average molecular weight is 424 g/mol. The maximum Gasteiger partial charge on any atom is 0.232 e. The van der Waals surface area contributed by atoms with Crippen LogP contribution in [0.15, 0.2) is 30.0 Å². The molecule has 164 valence electrons. The predicted octanol–water partition coefficient (Wildman–Crippen LogP) is 4.71. The van der Waals surface area contributed by atoms with Crippen molar-refractivity contribution in [2.75, 3.05) is 27.3 Å². The number of allylic oxidation sites excluding steroid dienone is 1. The molecule has 4 rings (SSSR count). The smallest absolute Gasteiger partial charge is 0.232 e. The van der Waals surface area contributed by atoms with Gasteiger partial charge in [0, 0.05) is 6.54 Å². The number of carbonyl (C=O) groups is 1. The molecule has 2 aliphatic rings. The first-order chi connectivity index (χ1) is 15.0. The van der Waals surface area contributed by atoms with Gasteiger partial charge in [0.1, 0.15) is 11.5 Å². The van der Waals surface area contributed by atoms with E-state index in [9.17, 15) is 9.90 Å². The molecule has 0 amide bonds. The molecule has 31 heavy (non-hydrogen) atoms. The van der Waals surface area contributed by atoms with E-state index in [0.717, 1.165) is 31.5 Å². The molecule has 2 aromatic carbocycles. The molecule has 1 fully saturated rings. The second-order valence-electron chi connectivity index (χ2n) is 8.14. The molecule has 0 bridgehead atoms. The summed E-state index contributed by atoms with van der Waals surface area (Å²) in [6.07, 6.45) is 6.48. The van der Waals surface area contributed by atoms with Crippen molar-refractivity contribution in [1.29, 1.82) is 0 Å². The second kappa shape index (κ2) is 9.02. The molecular weight excluding hydrogens is 394 g/mol. The Labute approximate surface area is 183 Å². The van der Waals surface area contributed by atoms with Crippen molar-refractivity contribution in [2.24, 2.45) is 0 Å². The first kappa shape index (κ1) is 21.2. The third-order valence-electron chi connectivity index (χ3n) is 6.01. The normalized spacial score (nSPS) is 17.9. The van der Waals surface area contributed by atoms with E-state index < -0.39 is 0 Å². The Morgan fingerprint density at radius 2 is 1.77 bits per heavy atom. The molecule has 2 aromatic rings. The molecule has 6 heteroatoms. The largest absolute Gasteiger partial charge is 0.507 e. The number of ketones is 1. The number of nitrogens with zero attached hydrogens (tertiary/aromatic N) is 1. The van der Waals surface area contributed by atoms with Gasteiger partial charge in [0.15, 0.2) is 17.3 Å². The number of phenols is 1. The van der Waals surface area contributed by atoms with Crippen LogP contribution in [0.25, 0.3) is 6.08 Å². The van der Waals surface area contributed by atoms with Gasteiger partial charge in [-0.05, 0) is 68.3 Å². The molecule has 0 aliphatic carbocycles. The zero-order valence-corrected chi connectivity index (χ0v) is 18.4. The van der Waals surface area contributed by atoms with Crippen LogP contribution in [-0.2, 0) is 6.54 Å². The number of hydrogen-bond acceptors (Lipinski definition) is 6. The van der Waals surface area contributed by atoms with Crippen molar-refractivity contribution in [3.05, 3.63) is 52.3 Å². The average Bonchev–Trinajstić information content (AvgIpc) is 2.93. The molecule has 6 nitrogen and oxygen atoms in total. The number of rotatable bonds is 5. The van der Waals surface area contributed by atoms with Crippen LogP contribution in [0.1, 0.15) is 52.7 Å². The summed E-state index contributed by atoms with van der Waals surface area (Å²) >= 11 is 0. The van der Waals surface area contributed by atoms with Crippen molar-refractivity contribution < 1.29 is 24.1 Å². The number of aryl methyl sites for hydroxylation is 1. The number of methoxy groups -OCH3 is 2. The van der Waals surface area contributed by atoms with Gasteiger partial charge in [-0.2, -0.15) is 0 Å². The fraction of sp³-hybridized carbons (Fsp3) is 0.400. The highest BCUT2D eigenvalue weighted by atomic mass is 16.5. The molecular formula is C25H29NO5. The molecule has 1 N–H and O–H groups in total. The molecule has 2 heterocycles. The lowest BCUT2D eigenvalue weighted by Crippen LogP contribution is -2.24. The molecule has 0 aromatic heterocycles. The molecule has 0 radical (unpaired) electrons. The first-order valence-corrected chi connectivity index (χ1v) is 10.8. The number of ether oxygens (including phenoxy) is 3. The number of hydrogen-bond donors (Lipinski definition) is 1. The van der Waals surface area contributed by atoms with Crippen LogP contribution in [0.5, 0.6) is 23.0 Å². The fourth-order valence-electron chi connectivity index (χ4n) is 4.34. The third-order valence-corrected chi connectivity index (χ3v) is 6.01.